The number of ether oxygens (including phenoxy) is 1. The molecule has 9 heteroatoms. The van der Waals surface area contributed by atoms with Gasteiger partial charge in [0.2, 0.25) is 10.0 Å². The molecule has 1 fully saturated rings. The van der Waals surface area contributed by atoms with Crippen LogP contribution < -0.4 is 9.46 Å². The van der Waals surface area contributed by atoms with Crippen LogP contribution in [0.3, 0.4) is 0 Å². The third-order valence-electron chi connectivity index (χ3n) is 5.79. The van der Waals surface area contributed by atoms with E-state index in [4.69, 9.17) is 4.74 Å². The minimum atomic E-state index is -3.62. The number of benzene rings is 2. The van der Waals surface area contributed by atoms with Crippen LogP contribution in [0.5, 0.6) is 5.75 Å². The van der Waals surface area contributed by atoms with Crippen molar-refractivity contribution in [3.8, 4) is 5.75 Å². The van der Waals surface area contributed by atoms with E-state index in [1.165, 1.54) is 31.4 Å². The van der Waals surface area contributed by atoms with Crippen molar-refractivity contribution in [1.29, 1.82) is 0 Å². The Bertz CT molecular complexity index is 1090. The molecular formula is C24H31N3O5S. The van der Waals surface area contributed by atoms with Crippen LogP contribution in [0.2, 0.25) is 0 Å². The number of carbonyl (C=O) groups excluding carboxylic acids is 2. The average Bonchev–Trinajstić information content (AvgIpc) is 3.09. The molecule has 178 valence electrons. The lowest BCUT2D eigenvalue weighted by molar-refractivity contribution is 0.0717. The standard InChI is InChI=1S/C24H31N3O5S/c1-4-18(2)25-33(30,31)20-12-10-19(11-13-20)23(28)26-14-7-15-27(17-16-26)24(29)21-8-5-6-9-22(21)32-3/h5-6,8-13,18,25H,4,7,14-17H2,1-3H3. The molecule has 0 aromatic heterocycles. The number of hydrogen-bond donors (Lipinski definition) is 1. The van der Waals surface area contributed by atoms with E-state index in [2.05, 4.69) is 4.72 Å². The summed E-state index contributed by atoms with van der Waals surface area (Å²) in [6, 6.07) is 12.9. The Hall–Kier alpha value is -2.91. The first kappa shape index (κ1) is 24.7. The van der Waals surface area contributed by atoms with Crippen LogP contribution in [0.1, 0.15) is 47.4 Å². The van der Waals surface area contributed by atoms with Gasteiger partial charge in [0.05, 0.1) is 17.6 Å². The molecule has 0 bridgehead atoms. The molecular weight excluding hydrogens is 442 g/mol. The van der Waals surface area contributed by atoms with Crippen molar-refractivity contribution < 1.29 is 22.7 Å². The highest BCUT2D eigenvalue weighted by Crippen LogP contribution is 2.21. The Kier molecular flexibility index (Phi) is 8.10. The second kappa shape index (κ2) is 10.8. The molecule has 1 N–H and O–H groups in total. The third-order valence-corrected chi connectivity index (χ3v) is 7.39. The molecule has 0 spiro atoms. The van der Waals surface area contributed by atoms with Gasteiger partial charge in [-0.3, -0.25) is 9.59 Å². The van der Waals surface area contributed by atoms with E-state index in [9.17, 15) is 18.0 Å². The fourth-order valence-electron chi connectivity index (χ4n) is 3.69. The molecule has 1 heterocycles. The maximum atomic E-state index is 13.0. The Morgan fingerprint density at radius 3 is 2.18 bits per heavy atom. The van der Waals surface area contributed by atoms with Crippen LogP contribution in [-0.4, -0.2) is 69.4 Å². The van der Waals surface area contributed by atoms with E-state index < -0.39 is 10.0 Å². The van der Waals surface area contributed by atoms with Crippen molar-refractivity contribution in [1.82, 2.24) is 14.5 Å². The lowest BCUT2D eigenvalue weighted by Crippen LogP contribution is -2.37. The van der Waals surface area contributed by atoms with Crippen molar-refractivity contribution in [2.75, 3.05) is 33.3 Å². The van der Waals surface area contributed by atoms with Gasteiger partial charge in [-0.1, -0.05) is 19.1 Å². The lowest BCUT2D eigenvalue weighted by Gasteiger charge is -2.23. The van der Waals surface area contributed by atoms with Crippen molar-refractivity contribution in [2.45, 2.75) is 37.6 Å². The van der Waals surface area contributed by atoms with E-state index in [0.29, 0.717) is 55.9 Å². The number of rotatable bonds is 7. The number of methoxy groups -OCH3 is 1. The summed E-state index contributed by atoms with van der Waals surface area (Å²) < 4.78 is 32.8. The lowest BCUT2D eigenvalue weighted by atomic mass is 10.1. The van der Waals surface area contributed by atoms with Gasteiger partial charge in [-0.2, -0.15) is 0 Å². The molecule has 33 heavy (non-hydrogen) atoms. The number of nitrogens with zero attached hydrogens (tertiary/aromatic N) is 2. The van der Waals surface area contributed by atoms with Gasteiger partial charge in [0.25, 0.3) is 11.8 Å². The van der Waals surface area contributed by atoms with E-state index in [-0.39, 0.29) is 22.8 Å². The average molecular weight is 474 g/mol. The van der Waals surface area contributed by atoms with Gasteiger partial charge >= 0.3 is 0 Å². The van der Waals surface area contributed by atoms with E-state index in [1.807, 2.05) is 13.0 Å². The number of carbonyl (C=O) groups is 2. The number of para-hydroxylation sites is 1. The first-order valence-electron chi connectivity index (χ1n) is 11.1. The van der Waals surface area contributed by atoms with E-state index in [1.54, 1.807) is 34.9 Å². The maximum absolute atomic E-state index is 13.0. The largest absolute Gasteiger partial charge is 0.496 e. The zero-order chi connectivity index (χ0) is 24.0. The highest BCUT2D eigenvalue weighted by molar-refractivity contribution is 7.89. The highest BCUT2D eigenvalue weighted by Gasteiger charge is 2.25. The third kappa shape index (κ3) is 5.91. The molecule has 1 unspecified atom stereocenters. The normalized spacial score (nSPS) is 15.6. The Morgan fingerprint density at radius 2 is 1.58 bits per heavy atom. The van der Waals surface area contributed by atoms with Gasteiger partial charge in [0, 0.05) is 37.8 Å². The Labute approximate surface area is 195 Å². The number of sulfonamides is 1. The molecule has 0 radical (unpaired) electrons. The monoisotopic (exact) mass is 473 g/mol. The fraction of sp³-hybridized carbons (Fsp3) is 0.417. The molecule has 3 rings (SSSR count). The predicted molar refractivity (Wildman–Crippen MR) is 126 cm³/mol. The molecule has 1 aliphatic heterocycles. The van der Waals surface area contributed by atoms with Gasteiger partial charge in [0.15, 0.2) is 0 Å². The minimum Gasteiger partial charge on any atom is -0.496 e. The summed E-state index contributed by atoms with van der Waals surface area (Å²) >= 11 is 0. The van der Waals surface area contributed by atoms with E-state index in [0.717, 1.165) is 0 Å². The van der Waals surface area contributed by atoms with Crippen molar-refractivity contribution >= 4 is 21.8 Å². The highest BCUT2D eigenvalue weighted by atomic mass is 32.2. The zero-order valence-electron chi connectivity index (χ0n) is 19.3. The van der Waals surface area contributed by atoms with Gasteiger partial charge in [0.1, 0.15) is 5.75 Å². The van der Waals surface area contributed by atoms with Crippen LogP contribution in [0.15, 0.2) is 53.4 Å². The van der Waals surface area contributed by atoms with Crippen molar-refractivity contribution in [3.63, 3.8) is 0 Å². The Morgan fingerprint density at radius 1 is 0.970 bits per heavy atom. The summed E-state index contributed by atoms with van der Waals surface area (Å²) in [6.45, 7) is 5.57. The molecule has 8 nitrogen and oxygen atoms in total. The SMILES string of the molecule is CCC(C)NS(=O)(=O)c1ccc(C(=O)N2CCCN(C(=O)c3ccccc3OC)CC2)cc1. The van der Waals surface area contributed by atoms with Crippen LogP contribution >= 0.6 is 0 Å². The predicted octanol–water partition coefficient (Wildman–Crippen LogP) is 2.76. The van der Waals surface area contributed by atoms with Crippen LogP contribution in [-0.2, 0) is 10.0 Å². The van der Waals surface area contributed by atoms with Gasteiger partial charge < -0.3 is 14.5 Å². The summed E-state index contributed by atoms with van der Waals surface area (Å²) in [4.78, 5) is 29.6. The summed E-state index contributed by atoms with van der Waals surface area (Å²) in [7, 11) is -2.09. The minimum absolute atomic E-state index is 0.120. The summed E-state index contributed by atoms with van der Waals surface area (Å²) in [5.41, 5.74) is 0.921. The van der Waals surface area contributed by atoms with Crippen LogP contribution in [0, 0.1) is 0 Å². The smallest absolute Gasteiger partial charge is 0.257 e. The quantitative estimate of drug-likeness (QED) is 0.667. The second-order valence-corrected chi connectivity index (χ2v) is 9.81. The molecule has 2 aromatic rings. The van der Waals surface area contributed by atoms with Gasteiger partial charge in [-0.25, -0.2) is 13.1 Å². The molecule has 2 amide bonds. The summed E-state index contributed by atoms with van der Waals surface area (Å²) in [6.07, 6.45) is 1.33. The maximum Gasteiger partial charge on any atom is 0.257 e. The van der Waals surface area contributed by atoms with Crippen LogP contribution in [0.4, 0.5) is 0 Å². The Balaban J connectivity index is 1.66. The summed E-state index contributed by atoms with van der Waals surface area (Å²) in [5.74, 6) is 0.225. The number of nitrogens with one attached hydrogen (secondary N) is 1. The number of hydrogen-bond acceptors (Lipinski definition) is 5. The topological polar surface area (TPSA) is 96.0 Å². The zero-order valence-corrected chi connectivity index (χ0v) is 20.1. The van der Waals surface area contributed by atoms with Gasteiger partial charge in [-0.05, 0) is 56.2 Å². The molecule has 1 saturated heterocycles. The van der Waals surface area contributed by atoms with Crippen molar-refractivity contribution in [3.05, 3.63) is 59.7 Å². The summed E-state index contributed by atoms with van der Waals surface area (Å²) in [5, 5.41) is 0. The molecule has 0 saturated carbocycles. The van der Waals surface area contributed by atoms with E-state index >= 15 is 0 Å². The fourth-order valence-corrected chi connectivity index (χ4v) is 5.02. The molecule has 0 aliphatic carbocycles. The van der Waals surface area contributed by atoms with Crippen LogP contribution in [0.25, 0.3) is 0 Å². The molecule has 2 aromatic carbocycles. The second-order valence-electron chi connectivity index (χ2n) is 8.09. The first-order chi connectivity index (χ1) is 15.8. The molecule has 1 atom stereocenters. The first-order valence-corrected chi connectivity index (χ1v) is 12.6. The molecule has 1 aliphatic rings. The van der Waals surface area contributed by atoms with Gasteiger partial charge in [-0.15, -0.1) is 0 Å². The number of amides is 2. The van der Waals surface area contributed by atoms with Crippen molar-refractivity contribution in [2.24, 2.45) is 0 Å².